The lowest BCUT2D eigenvalue weighted by Gasteiger charge is -2.07. The van der Waals surface area contributed by atoms with Crippen LogP contribution < -0.4 is 5.73 Å². The van der Waals surface area contributed by atoms with Crippen molar-refractivity contribution in [3.8, 4) is 11.4 Å². The van der Waals surface area contributed by atoms with Gasteiger partial charge in [-0.05, 0) is 41.1 Å². The van der Waals surface area contributed by atoms with E-state index in [4.69, 9.17) is 17.3 Å². The summed E-state index contributed by atoms with van der Waals surface area (Å²) in [5, 5.41) is 12.4. The first-order valence-corrected chi connectivity index (χ1v) is 6.88. The molecule has 5 nitrogen and oxygen atoms in total. The van der Waals surface area contributed by atoms with Crippen molar-refractivity contribution in [2.45, 2.75) is 13.5 Å². The molecule has 0 saturated heterocycles. The predicted octanol–water partition coefficient (Wildman–Crippen LogP) is 2.93. The molecule has 2 N–H and O–H groups in total. The fraction of sp³-hybridized carbons (Fsp3) is 0.133. The van der Waals surface area contributed by atoms with Gasteiger partial charge in [0.1, 0.15) is 0 Å². The molecule has 0 spiro atoms. The van der Waals surface area contributed by atoms with E-state index >= 15 is 0 Å². The molecule has 1 aromatic heterocycles. The number of halogens is 1. The van der Waals surface area contributed by atoms with Gasteiger partial charge >= 0.3 is 0 Å². The molecule has 0 unspecified atom stereocenters. The number of aryl methyl sites for hydroxylation is 1. The summed E-state index contributed by atoms with van der Waals surface area (Å²) in [5.41, 5.74) is 9.43. The number of rotatable bonds is 3. The molecule has 106 valence electrons. The number of tetrazole rings is 1. The maximum Gasteiger partial charge on any atom is 0.183 e. The molecule has 0 amide bonds. The van der Waals surface area contributed by atoms with Crippen LogP contribution in [0.1, 0.15) is 11.1 Å². The van der Waals surface area contributed by atoms with Gasteiger partial charge in [-0.2, -0.15) is 0 Å². The molecule has 6 heteroatoms. The maximum atomic E-state index is 6.23. The van der Waals surface area contributed by atoms with Crippen LogP contribution in [0.4, 0.5) is 5.69 Å². The van der Waals surface area contributed by atoms with Crippen molar-refractivity contribution in [2.24, 2.45) is 0 Å². The van der Waals surface area contributed by atoms with Crippen LogP contribution in [0.15, 0.2) is 42.5 Å². The molecule has 0 aliphatic heterocycles. The van der Waals surface area contributed by atoms with Gasteiger partial charge in [0.25, 0.3) is 0 Å². The standard InChI is InChI=1S/C15H14ClN5/c1-10-3-2-4-11(7-10)9-21-15(18-19-20-21)13-6-5-12(17)8-14(13)16/h2-8H,9,17H2,1H3. The largest absolute Gasteiger partial charge is 0.399 e. The second-order valence-electron chi connectivity index (χ2n) is 4.89. The fourth-order valence-corrected chi connectivity index (χ4v) is 2.47. The highest BCUT2D eigenvalue weighted by Gasteiger charge is 2.13. The van der Waals surface area contributed by atoms with Crippen LogP contribution in [0.5, 0.6) is 0 Å². The monoisotopic (exact) mass is 299 g/mol. The van der Waals surface area contributed by atoms with E-state index in [2.05, 4.69) is 34.6 Å². The lowest BCUT2D eigenvalue weighted by atomic mass is 10.1. The minimum Gasteiger partial charge on any atom is -0.399 e. The molecule has 0 atom stereocenters. The van der Waals surface area contributed by atoms with Gasteiger partial charge in [-0.15, -0.1) is 5.10 Å². The second-order valence-corrected chi connectivity index (χ2v) is 5.30. The van der Waals surface area contributed by atoms with E-state index in [1.165, 1.54) is 5.56 Å². The zero-order chi connectivity index (χ0) is 14.8. The second kappa shape index (κ2) is 5.54. The van der Waals surface area contributed by atoms with Crippen molar-refractivity contribution in [2.75, 3.05) is 5.73 Å². The maximum absolute atomic E-state index is 6.23. The van der Waals surface area contributed by atoms with Gasteiger partial charge in [0.05, 0.1) is 11.6 Å². The Morgan fingerprint density at radius 1 is 1.19 bits per heavy atom. The summed E-state index contributed by atoms with van der Waals surface area (Å²) in [4.78, 5) is 0. The molecule has 0 bridgehead atoms. The molecule has 3 aromatic rings. The SMILES string of the molecule is Cc1cccc(Cn2nnnc2-c2ccc(N)cc2Cl)c1. The minimum absolute atomic E-state index is 0.537. The van der Waals surface area contributed by atoms with Crippen LogP contribution in [0.2, 0.25) is 5.02 Å². The number of hydrogen-bond acceptors (Lipinski definition) is 4. The van der Waals surface area contributed by atoms with Gasteiger partial charge in [0.2, 0.25) is 0 Å². The molecule has 0 radical (unpaired) electrons. The number of aromatic nitrogens is 4. The van der Waals surface area contributed by atoms with E-state index in [-0.39, 0.29) is 0 Å². The van der Waals surface area contributed by atoms with Crippen molar-refractivity contribution in [3.63, 3.8) is 0 Å². The third-order valence-corrected chi connectivity index (χ3v) is 3.49. The summed E-state index contributed by atoms with van der Waals surface area (Å²) in [5.74, 6) is 0.626. The highest BCUT2D eigenvalue weighted by Crippen LogP contribution is 2.27. The van der Waals surface area contributed by atoms with Gasteiger partial charge in [-0.1, -0.05) is 41.4 Å². The lowest BCUT2D eigenvalue weighted by molar-refractivity contribution is 0.653. The summed E-state index contributed by atoms with van der Waals surface area (Å²) in [6.07, 6.45) is 0. The first-order chi connectivity index (χ1) is 10.1. The summed E-state index contributed by atoms with van der Waals surface area (Å²) < 4.78 is 1.73. The van der Waals surface area contributed by atoms with Crippen LogP contribution >= 0.6 is 11.6 Å². The number of hydrogen-bond donors (Lipinski definition) is 1. The summed E-state index contributed by atoms with van der Waals surface area (Å²) >= 11 is 6.23. The molecular weight excluding hydrogens is 286 g/mol. The number of nitrogen functional groups attached to an aromatic ring is 1. The predicted molar refractivity (Wildman–Crippen MR) is 83.0 cm³/mol. The number of benzene rings is 2. The van der Waals surface area contributed by atoms with Crippen LogP contribution in [0, 0.1) is 6.92 Å². The van der Waals surface area contributed by atoms with Crippen molar-refractivity contribution in [1.82, 2.24) is 20.2 Å². The lowest BCUT2D eigenvalue weighted by Crippen LogP contribution is -2.05. The molecule has 1 heterocycles. The highest BCUT2D eigenvalue weighted by atomic mass is 35.5. The molecule has 0 saturated carbocycles. The highest BCUT2D eigenvalue weighted by molar-refractivity contribution is 6.33. The van der Waals surface area contributed by atoms with Crippen molar-refractivity contribution < 1.29 is 0 Å². The van der Waals surface area contributed by atoms with E-state index in [0.29, 0.717) is 23.1 Å². The number of anilines is 1. The van der Waals surface area contributed by atoms with E-state index < -0.39 is 0 Å². The molecule has 21 heavy (non-hydrogen) atoms. The minimum atomic E-state index is 0.537. The molecule has 0 aliphatic carbocycles. The molecular formula is C15H14ClN5. The molecule has 0 fully saturated rings. The van der Waals surface area contributed by atoms with Crippen LogP contribution in [-0.4, -0.2) is 20.2 Å². The fourth-order valence-electron chi connectivity index (χ4n) is 2.20. The van der Waals surface area contributed by atoms with Crippen LogP contribution in [-0.2, 0) is 6.54 Å². The zero-order valence-corrected chi connectivity index (χ0v) is 12.2. The average molecular weight is 300 g/mol. The summed E-state index contributed by atoms with van der Waals surface area (Å²) in [6, 6.07) is 13.5. The number of nitrogens with two attached hydrogens (primary N) is 1. The third-order valence-electron chi connectivity index (χ3n) is 3.18. The Balaban J connectivity index is 1.97. The number of nitrogens with zero attached hydrogens (tertiary/aromatic N) is 4. The van der Waals surface area contributed by atoms with Crippen molar-refractivity contribution in [3.05, 3.63) is 58.6 Å². The van der Waals surface area contributed by atoms with E-state index in [9.17, 15) is 0 Å². The average Bonchev–Trinajstić information content (AvgIpc) is 2.87. The topological polar surface area (TPSA) is 69.6 Å². The van der Waals surface area contributed by atoms with Gasteiger partial charge in [0.15, 0.2) is 5.82 Å². The van der Waals surface area contributed by atoms with Crippen LogP contribution in [0.3, 0.4) is 0 Å². The quantitative estimate of drug-likeness (QED) is 0.755. The van der Waals surface area contributed by atoms with Gasteiger partial charge in [0, 0.05) is 11.3 Å². The Bertz CT molecular complexity index is 781. The Kier molecular flexibility index (Phi) is 3.58. The van der Waals surface area contributed by atoms with Crippen molar-refractivity contribution in [1.29, 1.82) is 0 Å². The first-order valence-electron chi connectivity index (χ1n) is 6.50. The van der Waals surface area contributed by atoms with E-state index in [1.807, 2.05) is 18.2 Å². The molecule has 3 rings (SSSR count). The summed E-state index contributed by atoms with van der Waals surface area (Å²) in [6.45, 7) is 2.64. The zero-order valence-electron chi connectivity index (χ0n) is 11.5. The summed E-state index contributed by atoms with van der Waals surface area (Å²) in [7, 11) is 0. The Morgan fingerprint density at radius 2 is 2.05 bits per heavy atom. The van der Waals surface area contributed by atoms with E-state index in [1.54, 1.807) is 16.8 Å². The third kappa shape index (κ3) is 2.87. The van der Waals surface area contributed by atoms with Gasteiger partial charge < -0.3 is 5.73 Å². The van der Waals surface area contributed by atoms with Gasteiger partial charge in [-0.3, -0.25) is 0 Å². The first kappa shape index (κ1) is 13.6. The molecule has 0 aliphatic rings. The van der Waals surface area contributed by atoms with Crippen molar-refractivity contribution >= 4 is 17.3 Å². The normalized spacial score (nSPS) is 10.8. The smallest absolute Gasteiger partial charge is 0.183 e. The Hall–Kier alpha value is -2.40. The Labute approximate surface area is 127 Å². The van der Waals surface area contributed by atoms with Gasteiger partial charge in [-0.25, -0.2) is 4.68 Å². The Morgan fingerprint density at radius 3 is 2.81 bits per heavy atom. The van der Waals surface area contributed by atoms with E-state index in [0.717, 1.165) is 11.1 Å². The van der Waals surface area contributed by atoms with Crippen LogP contribution in [0.25, 0.3) is 11.4 Å². The molecule has 2 aromatic carbocycles.